The molecule has 1 aromatic carbocycles. The highest BCUT2D eigenvalue weighted by Crippen LogP contribution is 2.11. The summed E-state index contributed by atoms with van der Waals surface area (Å²) in [6.07, 6.45) is 1.53. The average molecular weight is 283 g/mol. The van der Waals surface area contributed by atoms with Gasteiger partial charge in [-0.25, -0.2) is 13.1 Å². The first-order valence-corrected chi connectivity index (χ1v) is 7.05. The third kappa shape index (κ3) is 3.60. The molecule has 1 heterocycles. The molecule has 0 fully saturated rings. The second kappa shape index (κ2) is 5.91. The molecule has 2 aromatic rings. The van der Waals surface area contributed by atoms with Crippen LogP contribution in [-0.2, 0) is 23.1 Å². The molecule has 19 heavy (non-hydrogen) atoms. The average Bonchev–Trinajstić information content (AvgIpc) is 2.92. The first-order valence-electron chi connectivity index (χ1n) is 5.56. The van der Waals surface area contributed by atoms with Gasteiger partial charge in [-0.05, 0) is 17.7 Å². The van der Waals surface area contributed by atoms with E-state index in [1.165, 1.54) is 18.5 Å². The zero-order chi connectivity index (χ0) is 13.7. The molecule has 0 unspecified atom stereocenters. The maximum Gasteiger partial charge on any atom is 0.240 e. The number of aromatic nitrogens is 2. The Balaban J connectivity index is 2.01. The Hall–Kier alpha value is -1.77. The summed E-state index contributed by atoms with van der Waals surface area (Å²) in [7, 11) is -3.59. The number of aliphatic hydroxyl groups excluding tert-OH is 1. The highest BCUT2D eigenvalue weighted by molar-refractivity contribution is 7.89. The van der Waals surface area contributed by atoms with Crippen molar-refractivity contribution in [2.24, 2.45) is 0 Å². The zero-order valence-corrected chi connectivity index (χ0v) is 10.8. The summed E-state index contributed by atoms with van der Waals surface area (Å²) in [5.74, 6) is 0.437. The van der Waals surface area contributed by atoms with Gasteiger partial charge in [-0.2, -0.15) is 4.98 Å². The topological polar surface area (TPSA) is 105 Å². The van der Waals surface area contributed by atoms with Crippen LogP contribution in [0.25, 0.3) is 0 Å². The van der Waals surface area contributed by atoms with Gasteiger partial charge in [0, 0.05) is 13.0 Å². The van der Waals surface area contributed by atoms with Crippen LogP contribution in [-0.4, -0.2) is 30.2 Å². The molecule has 8 heteroatoms. The number of benzene rings is 1. The molecule has 0 radical (unpaired) electrons. The first-order chi connectivity index (χ1) is 9.12. The molecule has 0 aliphatic rings. The summed E-state index contributed by atoms with van der Waals surface area (Å²) in [4.78, 5) is 3.91. The Bertz CT molecular complexity index is 625. The predicted octanol–water partition coefficient (Wildman–Crippen LogP) is 0.0829. The fraction of sp³-hybridized carbons (Fsp3) is 0.273. The van der Waals surface area contributed by atoms with Crippen molar-refractivity contribution in [2.45, 2.75) is 17.9 Å². The minimum atomic E-state index is -3.59. The quantitative estimate of drug-likeness (QED) is 0.778. The maximum absolute atomic E-state index is 12.0. The maximum atomic E-state index is 12.0. The summed E-state index contributed by atoms with van der Waals surface area (Å²) in [5, 5.41) is 12.6. The van der Waals surface area contributed by atoms with Crippen molar-refractivity contribution in [3.05, 3.63) is 42.0 Å². The smallest absolute Gasteiger partial charge is 0.240 e. The molecule has 102 valence electrons. The second-order valence-electron chi connectivity index (χ2n) is 3.80. The standard InChI is InChI=1S/C11H13N3O4S/c15-7-9-2-1-3-10(6-9)19(16,17)13-5-4-11-12-8-18-14-11/h1-3,6,8,13,15H,4-5,7H2. The van der Waals surface area contributed by atoms with E-state index >= 15 is 0 Å². The highest BCUT2D eigenvalue weighted by Gasteiger charge is 2.14. The number of nitrogens with zero attached hydrogens (tertiary/aromatic N) is 2. The van der Waals surface area contributed by atoms with Gasteiger partial charge in [0.25, 0.3) is 0 Å². The van der Waals surface area contributed by atoms with E-state index in [4.69, 9.17) is 5.11 Å². The molecule has 0 aliphatic carbocycles. The lowest BCUT2D eigenvalue weighted by atomic mass is 10.2. The van der Waals surface area contributed by atoms with E-state index in [0.717, 1.165) is 0 Å². The molecule has 1 aromatic heterocycles. The molecule has 0 atom stereocenters. The normalized spacial score (nSPS) is 11.6. The minimum Gasteiger partial charge on any atom is -0.392 e. The molecule has 2 rings (SSSR count). The highest BCUT2D eigenvalue weighted by atomic mass is 32.2. The van der Waals surface area contributed by atoms with Gasteiger partial charge in [-0.3, -0.25) is 0 Å². The lowest BCUT2D eigenvalue weighted by Crippen LogP contribution is -2.26. The van der Waals surface area contributed by atoms with Gasteiger partial charge in [0.15, 0.2) is 5.82 Å². The van der Waals surface area contributed by atoms with Crippen LogP contribution in [0.5, 0.6) is 0 Å². The van der Waals surface area contributed by atoms with Crippen LogP contribution in [0, 0.1) is 0 Å². The summed E-state index contributed by atoms with van der Waals surface area (Å²) in [6, 6.07) is 6.13. The molecular formula is C11H13N3O4S. The van der Waals surface area contributed by atoms with Crippen LogP contribution in [0.4, 0.5) is 0 Å². The van der Waals surface area contributed by atoms with E-state index < -0.39 is 10.0 Å². The number of aliphatic hydroxyl groups is 1. The monoisotopic (exact) mass is 283 g/mol. The SMILES string of the molecule is O=S(=O)(NCCc1ncon1)c1cccc(CO)c1. The molecule has 7 nitrogen and oxygen atoms in total. The molecule has 0 saturated heterocycles. The Morgan fingerprint density at radius 3 is 2.89 bits per heavy atom. The first kappa shape index (κ1) is 13.7. The van der Waals surface area contributed by atoms with Gasteiger partial charge in [-0.15, -0.1) is 0 Å². The number of nitrogens with one attached hydrogen (secondary N) is 1. The van der Waals surface area contributed by atoms with Gasteiger partial charge in [0.1, 0.15) is 0 Å². The number of hydrogen-bond donors (Lipinski definition) is 2. The Morgan fingerprint density at radius 2 is 2.21 bits per heavy atom. The van der Waals surface area contributed by atoms with Crippen molar-refractivity contribution >= 4 is 10.0 Å². The zero-order valence-electron chi connectivity index (χ0n) is 9.98. The molecule has 2 N–H and O–H groups in total. The van der Waals surface area contributed by atoms with Crippen LogP contribution < -0.4 is 4.72 Å². The predicted molar refractivity (Wildman–Crippen MR) is 65.6 cm³/mol. The van der Waals surface area contributed by atoms with E-state index in [1.807, 2.05) is 0 Å². The number of rotatable bonds is 6. The summed E-state index contributed by atoms with van der Waals surface area (Å²) < 4.78 is 30.9. The molecule has 0 bridgehead atoms. The van der Waals surface area contributed by atoms with E-state index in [2.05, 4.69) is 19.4 Å². The summed E-state index contributed by atoms with van der Waals surface area (Å²) in [6.45, 7) is -0.0303. The largest absolute Gasteiger partial charge is 0.392 e. The lowest BCUT2D eigenvalue weighted by molar-refractivity contribution is 0.281. The molecule has 0 spiro atoms. The third-order valence-electron chi connectivity index (χ3n) is 2.44. The van der Waals surface area contributed by atoms with Gasteiger partial charge < -0.3 is 9.63 Å². The van der Waals surface area contributed by atoms with Crippen LogP contribution >= 0.6 is 0 Å². The van der Waals surface area contributed by atoms with Crippen LogP contribution in [0.15, 0.2) is 40.1 Å². The van der Waals surface area contributed by atoms with E-state index in [0.29, 0.717) is 17.8 Å². The molecule has 0 aliphatic heterocycles. The molecular weight excluding hydrogens is 270 g/mol. The van der Waals surface area contributed by atoms with E-state index in [9.17, 15) is 8.42 Å². The van der Waals surface area contributed by atoms with Crippen LogP contribution in [0.1, 0.15) is 11.4 Å². The fourth-order valence-electron chi connectivity index (χ4n) is 1.49. The Kier molecular flexibility index (Phi) is 4.25. The number of hydrogen-bond acceptors (Lipinski definition) is 6. The van der Waals surface area contributed by atoms with E-state index in [-0.39, 0.29) is 18.0 Å². The van der Waals surface area contributed by atoms with Crippen molar-refractivity contribution in [2.75, 3.05) is 6.54 Å². The van der Waals surface area contributed by atoms with Crippen molar-refractivity contribution in [1.82, 2.24) is 14.9 Å². The van der Waals surface area contributed by atoms with Gasteiger partial charge in [0.2, 0.25) is 16.4 Å². The number of sulfonamides is 1. The van der Waals surface area contributed by atoms with Crippen LogP contribution in [0.3, 0.4) is 0 Å². The van der Waals surface area contributed by atoms with Crippen molar-refractivity contribution < 1.29 is 18.0 Å². The summed E-state index contributed by atoms with van der Waals surface area (Å²) in [5.41, 5.74) is 0.543. The third-order valence-corrected chi connectivity index (χ3v) is 3.90. The lowest BCUT2D eigenvalue weighted by Gasteiger charge is -2.06. The molecule has 0 saturated carbocycles. The second-order valence-corrected chi connectivity index (χ2v) is 5.57. The van der Waals surface area contributed by atoms with Gasteiger partial charge in [0.05, 0.1) is 11.5 Å². The minimum absolute atomic E-state index is 0.118. The van der Waals surface area contributed by atoms with Crippen LogP contribution in [0.2, 0.25) is 0 Å². The van der Waals surface area contributed by atoms with Gasteiger partial charge >= 0.3 is 0 Å². The van der Waals surface area contributed by atoms with Crippen molar-refractivity contribution in [3.8, 4) is 0 Å². The van der Waals surface area contributed by atoms with Gasteiger partial charge in [-0.1, -0.05) is 17.3 Å². The Labute approximate surface area is 110 Å². The van der Waals surface area contributed by atoms with Crippen molar-refractivity contribution in [3.63, 3.8) is 0 Å². The summed E-state index contributed by atoms with van der Waals surface area (Å²) >= 11 is 0. The fourth-order valence-corrected chi connectivity index (χ4v) is 2.60. The van der Waals surface area contributed by atoms with E-state index in [1.54, 1.807) is 12.1 Å². The molecule has 0 amide bonds. The Morgan fingerprint density at radius 1 is 1.37 bits per heavy atom. The van der Waals surface area contributed by atoms with Crippen molar-refractivity contribution in [1.29, 1.82) is 0 Å².